The molecule has 0 bridgehead atoms. The molecule has 0 aromatic heterocycles. The number of halogens is 1. The molecular weight excluding hydrogens is 427 g/mol. The highest BCUT2D eigenvalue weighted by Crippen LogP contribution is 2.06. The lowest BCUT2D eigenvalue weighted by Crippen LogP contribution is -2.38. The second kappa shape index (κ2) is 14.3. The highest BCUT2D eigenvalue weighted by Gasteiger charge is 2.00. The first-order valence-corrected chi connectivity index (χ1v) is 8.76. The molecule has 5 nitrogen and oxygen atoms in total. The summed E-state index contributed by atoms with van der Waals surface area (Å²) in [6, 6.07) is 8.67. The van der Waals surface area contributed by atoms with Gasteiger partial charge in [-0.1, -0.05) is 38.1 Å². The van der Waals surface area contributed by atoms with Gasteiger partial charge in [0.15, 0.2) is 5.96 Å². The van der Waals surface area contributed by atoms with Crippen LogP contribution in [0.5, 0.6) is 0 Å². The van der Waals surface area contributed by atoms with E-state index in [2.05, 4.69) is 72.7 Å². The summed E-state index contributed by atoms with van der Waals surface area (Å²) in [5, 5.41) is 6.60. The molecular formula is C19H35IN4O. The number of guanidine groups is 1. The van der Waals surface area contributed by atoms with E-state index in [0.29, 0.717) is 12.5 Å². The maximum absolute atomic E-state index is 5.60. The number of nitrogens with zero attached hydrogens (tertiary/aromatic N) is 2. The smallest absolute Gasteiger partial charge is 0.191 e. The van der Waals surface area contributed by atoms with Gasteiger partial charge in [-0.3, -0.25) is 4.99 Å². The van der Waals surface area contributed by atoms with Crippen molar-refractivity contribution >= 4 is 29.9 Å². The lowest BCUT2D eigenvalue weighted by atomic mass is 10.1. The van der Waals surface area contributed by atoms with Crippen molar-refractivity contribution in [1.29, 1.82) is 0 Å². The third-order valence-corrected chi connectivity index (χ3v) is 3.58. The molecule has 1 aromatic carbocycles. The number of rotatable bonds is 10. The minimum absolute atomic E-state index is 0. The van der Waals surface area contributed by atoms with Gasteiger partial charge in [0.2, 0.25) is 0 Å². The third-order valence-electron chi connectivity index (χ3n) is 3.58. The van der Waals surface area contributed by atoms with Crippen LogP contribution in [0.25, 0.3) is 0 Å². The van der Waals surface area contributed by atoms with Gasteiger partial charge in [-0.25, -0.2) is 0 Å². The monoisotopic (exact) mass is 462 g/mol. The molecule has 0 heterocycles. The van der Waals surface area contributed by atoms with Gasteiger partial charge in [0.1, 0.15) is 0 Å². The Labute approximate surface area is 170 Å². The highest BCUT2D eigenvalue weighted by molar-refractivity contribution is 14.0. The average molecular weight is 462 g/mol. The number of benzene rings is 1. The maximum atomic E-state index is 5.60. The lowest BCUT2D eigenvalue weighted by molar-refractivity contribution is 0.128. The van der Waals surface area contributed by atoms with Crippen LogP contribution in [0.15, 0.2) is 29.3 Å². The first-order valence-electron chi connectivity index (χ1n) is 8.76. The molecule has 0 fully saturated rings. The number of ether oxygens (including phenoxy) is 1. The average Bonchev–Trinajstić information content (AvgIpc) is 2.54. The van der Waals surface area contributed by atoms with E-state index in [9.17, 15) is 0 Å². The Morgan fingerprint density at radius 3 is 2.28 bits per heavy atom. The fourth-order valence-electron chi connectivity index (χ4n) is 2.20. The first kappa shape index (κ1) is 24.1. The van der Waals surface area contributed by atoms with Crippen LogP contribution in [-0.2, 0) is 17.8 Å². The summed E-state index contributed by atoms with van der Waals surface area (Å²) in [5.74, 6) is 1.50. The Bertz CT molecular complexity index is 475. The van der Waals surface area contributed by atoms with Crippen LogP contribution in [0.2, 0.25) is 0 Å². The zero-order valence-electron chi connectivity index (χ0n) is 16.3. The van der Waals surface area contributed by atoms with Gasteiger partial charge in [0.25, 0.3) is 0 Å². The van der Waals surface area contributed by atoms with E-state index in [1.807, 2.05) is 0 Å². The van der Waals surface area contributed by atoms with Gasteiger partial charge in [0.05, 0.1) is 6.61 Å². The normalized spacial score (nSPS) is 11.6. The first-order chi connectivity index (χ1) is 11.5. The van der Waals surface area contributed by atoms with E-state index in [1.54, 1.807) is 7.05 Å². The predicted molar refractivity (Wildman–Crippen MR) is 118 cm³/mol. The van der Waals surface area contributed by atoms with Gasteiger partial charge in [-0.15, -0.1) is 24.0 Å². The molecule has 0 saturated heterocycles. The number of hydrogen-bond donors (Lipinski definition) is 2. The van der Waals surface area contributed by atoms with Crippen molar-refractivity contribution < 1.29 is 4.74 Å². The van der Waals surface area contributed by atoms with Crippen LogP contribution in [0.1, 0.15) is 31.4 Å². The van der Waals surface area contributed by atoms with Gasteiger partial charge >= 0.3 is 0 Å². The molecule has 0 amide bonds. The zero-order chi connectivity index (χ0) is 17.8. The Kier molecular flexibility index (Phi) is 13.8. The van der Waals surface area contributed by atoms with Gasteiger partial charge < -0.3 is 20.3 Å². The molecule has 25 heavy (non-hydrogen) atoms. The van der Waals surface area contributed by atoms with E-state index in [-0.39, 0.29) is 24.0 Å². The summed E-state index contributed by atoms with van der Waals surface area (Å²) in [6.45, 7) is 8.43. The van der Waals surface area contributed by atoms with Crippen molar-refractivity contribution in [3.05, 3.63) is 35.4 Å². The Balaban J connectivity index is 0.00000576. The Morgan fingerprint density at radius 1 is 1.08 bits per heavy atom. The summed E-state index contributed by atoms with van der Waals surface area (Å²) >= 11 is 0. The van der Waals surface area contributed by atoms with Crippen molar-refractivity contribution in [3.8, 4) is 0 Å². The van der Waals surface area contributed by atoms with Crippen molar-refractivity contribution in [3.63, 3.8) is 0 Å². The molecule has 1 rings (SSSR count). The Morgan fingerprint density at radius 2 is 1.72 bits per heavy atom. The second-order valence-corrected chi connectivity index (χ2v) is 6.70. The topological polar surface area (TPSA) is 48.9 Å². The van der Waals surface area contributed by atoms with Crippen LogP contribution >= 0.6 is 24.0 Å². The van der Waals surface area contributed by atoms with Crippen molar-refractivity contribution in [1.82, 2.24) is 15.5 Å². The molecule has 0 aliphatic carbocycles. The minimum Gasteiger partial charge on any atom is -0.380 e. The van der Waals surface area contributed by atoms with Crippen molar-refractivity contribution in [2.75, 3.05) is 40.9 Å². The lowest BCUT2D eigenvalue weighted by Gasteiger charge is -2.13. The van der Waals surface area contributed by atoms with E-state index < -0.39 is 0 Å². The third kappa shape index (κ3) is 12.2. The molecule has 0 saturated carbocycles. The SMILES string of the molecule is CN=C(NCCOCCC(C)C)NCc1ccc(CN(C)C)cc1.I. The van der Waals surface area contributed by atoms with Gasteiger partial charge in [-0.2, -0.15) is 0 Å². The molecule has 0 aliphatic rings. The fourth-order valence-corrected chi connectivity index (χ4v) is 2.20. The fraction of sp³-hybridized carbons (Fsp3) is 0.632. The summed E-state index contributed by atoms with van der Waals surface area (Å²) in [5.41, 5.74) is 2.57. The van der Waals surface area contributed by atoms with Crippen LogP contribution in [-0.4, -0.2) is 51.8 Å². The van der Waals surface area contributed by atoms with Crippen LogP contribution < -0.4 is 10.6 Å². The summed E-state index contributed by atoms with van der Waals surface area (Å²) in [4.78, 5) is 6.41. The van der Waals surface area contributed by atoms with Crippen LogP contribution in [0.4, 0.5) is 0 Å². The number of aliphatic imine (C=N–C) groups is 1. The van der Waals surface area contributed by atoms with Crippen LogP contribution in [0.3, 0.4) is 0 Å². The molecule has 0 spiro atoms. The second-order valence-electron chi connectivity index (χ2n) is 6.70. The predicted octanol–water partition coefficient (Wildman–Crippen LogP) is 3.09. The molecule has 0 unspecified atom stereocenters. The molecule has 0 aliphatic heterocycles. The molecule has 6 heteroatoms. The molecule has 144 valence electrons. The van der Waals surface area contributed by atoms with Gasteiger partial charge in [-0.05, 0) is 37.6 Å². The number of nitrogens with one attached hydrogen (secondary N) is 2. The summed E-state index contributed by atoms with van der Waals surface area (Å²) < 4.78 is 5.60. The summed E-state index contributed by atoms with van der Waals surface area (Å²) in [7, 11) is 5.95. The largest absolute Gasteiger partial charge is 0.380 e. The molecule has 2 N–H and O–H groups in total. The van der Waals surface area contributed by atoms with Crippen molar-refractivity contribution in [2.24, 2.45) is 10.9 Å². The standard InChI is InChI=1S/C19H34N4O.HI/c1-16(2)10-12-24-13-11-21-19(20-3)22-14-17-6-8-18(9-7-17)15-23(4)5;/h6-9,16H,10-15H2,1-5H3,(H2,20,21,22);1H. The van der Waals surface area contributed by atoms with E-state index in [4.69, 9.17) is 4.74 Å². The molecule has 0 atom stereocenters. The molecule has 0 radical (unpaired) electrons. The van der Waals surface area contributed by atoms with Gasteiger partial charge in [0, 0.05) is 33.3 Å². The van der Waals surface area contributed by atoms with Crippen molar-refractivity contribution in [2.45, 2.75) is 33.4 Å². The van der Waals surface area contributed by atoms with E-state index in [1.165, 1.54) is 11.1 Å². The van der Waals surface area contributed by atoms with E-state index in [0.717, 1.165) is 38.6 Å². The summed E-state index contributed by atoms with van der Waals surface area (Å²) in [6.07, 6.45) is 1.11. The maximum Gasteiger partial charge on any atom is 0.191 e. The molecule has 1 aromatic rings. The van der Waals surface area contributed by atoms with E-state index >= 15 is 0 Å². The Hall–Kier alpha value is -0.860. The zero-order valence-corrected chi connectivity index (χ0v) is 18.7. The number of hydrogen-bond acceptors (Lipinski definition) is 3. The highest BCUT2D eigenvalue weighted by atomic mass is 127. The quantitative estimate of drug-likeness (QED) is 0.243. The van der Waals surface area contributed by atoms with Crippen LogP contribution in [0, 0.1) is 5.92 Å². The minimum atomic E-state index is 0.